The second-order valence-electron chi connectivity index (χ2n) is 4.62. The van der Waals surface area contributed by atoms with E-state index in [4.69, 9.17) is 10.5 Å². The number of nitrogen functional groups attached to an aromatic ring is 1. The summed E-state index contributed by atoms with van der Waals surface area (Å²) in [6.07, 6.45) is 0. The first kappa shape index (κ1) is 11.8. The highest BCUT2D eigenvalue weighted by Gasteiger charge is 2.20. The van der Waals surface area contributed by atoms with Crippen molar-refractivity contribution in [2.24, 2.45) is 0 Å². The minimum absolute atomic E-state index is 0.524. The number of nitrogens with zero attached hydrogens (tertiary/aromatic N) is 2. The van der Waals surface area contributed by atoms with Crippen LogP contribution in [0.25, 0.3) is 0 Å². The van der Waals surface area contributed by atoms with Gasteiger partial charge in [0.05, 0.1) is 12.3 Å². The van der Waals surface area contributed by atoms with Crippen molar-refractivity contribution in [1.29, 1.82) is 0 Å². The first-order valence-corrected chi connectivity index (χ1v) is 6.49. The van der Waals surface area contributed by atoms with Crippen LogP contribution < -0.4 is 15.4 Å². The summed E-state index contributed by atoms with van der Waals surface area (Å²) >= 11 is 0. The van der Waals surface area contributed by atoms with Crippen molar-refractivity contribution in [3.8, 4) is 5.88 Å². The number of fused-ring (bicyclic) bond motifs is 1. The molecule has 0 saturated heterocycles. The molecule has 0 saturated carbocycles. The van der Waals surface area contributed by atoms with E-state index in [1.54, 1.807) is 0 Å². The van der Waals surface area contributed by atoms with Crippen molar-refractivity contribution in [3.05, 3.63) is 47.5 Å². The Labute approximate surface area is 112 Å². The van der Waals surface area contributed by atoms with Gasteiger partial charge in [-0.2, -0.15) is 4.98 Å². The van der Waals surface area contributed by atoms with Crippen LogP contribution in [0.15, 0.2) is 36.4 Å². The molecule has 0 fully saturated rings. The third kappa shape index (κ3) is 2.21. The van der Waals surface area contributed by atoms with Gasteiger partial charge < -0.3 is 15.4 Å². The molecule has 2 N–H and O–H groups in total. The summed E-state index contributed by atoms with van der Waals surface area (Å²) < 4.78 is 5.45. The van der Waals surface area contributed by atoms with Gasteiger partial charge in [0.1, 0.15) is 5.82 Å². The van der Waals surface area contributed by atoms with Gasteiger partial charge in [-0.25, -0.2) is 0 Å². The predicted molar refractivity (Wildman–Crippen MR) is 76.1 cm³/mol. The Bertz CT molecular complexity index is 573. The molecule has 2 aromatic rings. The lowest BCUT2D eigenvalue weighted by molar-refractivity contribution is 0.329. The zero-order chi connectivity index (χ0) is 13.2. The Morgan fingerprint density at radius 3 is 2.47 bits per heavy atom. The highest BCUT2D eigenvalue weighted by molar-refractivity contribution is 5.56. The number of hydrogen-bond acceptors (Lipinski definition) is 4. The molecule has 0 bridgehead atoms. The largest absolute Gasteiger partial charge is 0.476 e. The van der Waals surface area contributed by atoms with Crippen LogP contribution in [0.2, 0.25) is 0 Å². The van der Waals surface area contributed by atoms with Crippen molar-refractivity contribution in [2.45, 2.75) is 20.0 Å². The van der Waals surface area contributed by atoms with E-state index in [0.717, 1.165) is 18.9 Å². The Morgan fingerprint density at radius 2 is 1.84 bits per heavy atom. The second kappa shape index (κ2) is 4.80. The molecule has 0 amide bonds. The normalized spacial score (nSPS) is 13.4. The van der Waals surface area contributed by atoms with Gasteiger partial charge in [0.25, 0.3) is 0 Å². The standard InChI is InChI=1S/C15H17N3O/c1-2-19-15-13(16)7-8-14(17-15)18-9-11-5-3-4-6-12(11)10-18/h3-8H,2,9-10,16H2,1H3. The maximum absolute atomic E-state index is 5.85. The summed E-state index contributed by atoms with van der Waals surface area (Å²) in [7, 11) is 0. The molecule has 1 aliphatic heterocycles. The molecule has 0 aliphatic carbocycles. The zero-order valence-electron chi connectivity index (χ0n) is 11.0. The van der Waals surface area contributed by atoms with E-state index in [1.165, 1.54) is 11.1 Å². The quantitative estimate of drug-likeness (QED) is 0.916. The van der Waals surface area contributed by atoms with Crippen LogP contribution in [0.3, 0.4) is 0 Å². The first-order valence-electron chi connectivity index (χ1n) is 6.49. The number of anilines is 2. The van der Waals surface area contributed by atoms with Crippen molar-refractivity contribution < 1.29 is 4.74 Å². The van der Waals surface area contributed by atoms with Crippen molar-refractivity contribution in [2.75, 3.05) is 17.2 Å². The molecular formula is C15H17N3O. The van der Waals surface area contributed by atoms with Crippen molar-refractivity contribution in [3.63, 3.8) is 0 Å². The Morgan fingerprint density at radius 1 is 1.16 bits per heavy atom. The first-order chi connectivity index (χ1) is 9.28. The number of hydrogen-bond donors (Lipinski definition) is 1. The van der Waals surface area contributed by atoms with E-state index >= 15 is 0 Å². The van der Waals surface area contributed by atoms with Gasteiger partial charge in [0, 0.05) is 13.1 Å². The number of rotatable bonds is 3. The van der Waals surface area contributed by atoms with Gasteiger partial charge in [-0.1, -0.05) is 24.3 Å². The fraction of sp³-hybridized carbons (Fsp3) is 0.267. The van der Waals surface area contributed by atoms with Gasteiger partial charge in [-0.3, -0.25) is 0 Å². The molecule has 1 aromatic carbocycles. The highest BCUT2D eigenvalue weighted by atomic mass is 16.5. The fourth-order valence-corrected chi connectivity index (χ4v) is 2.37. The van der Waals surface area contributed by atoms with E-state index in [1.807, 2.05) is 19.1 Å². The lowest BCUT2D eigenvalue weighted by Gasteiger charge is -2.17. The van der Waals surface area contributed by atoms with Crippen molar-refractivity contribution in [1.82, 2.24) is 4.98 Å². The van der Waals surface area contributed by atoms with Crippen LogP contribution in [0.5, 0.6) is 5.88 Å². The van der Waals surface area contributed by atoms with E-state index in [2.05, 4.69) is 34.1 Å². The second-order valence-corrected chi connectivity index (χ2v) is 4.62. The third-order valence-corrected chi connectivity index (χ3v) is 3.32. The predicted octanol–water partition coefficient (Wildman–Crippen LogP) is 2.58. The smallest absolute Gasteiger partial charge is 0.239 e. The van der Waals surface area contributed by atoms with Crippen LogP contribution >= 0.6 is 0 Å². The van der Waals surface area contributed by atoms with Gasteiger partial charge >= 0.3 is 0 Å². The molecule has 19 heavy (non-hydrogen) atoms. The summed E-state index contributed by atoms with van der Waals surface area (Å²) in [6, 6.07) is 12.3. The molecule has 1 aliphatic rings. The molecule has 0 radical (unpaired) electrons. The topological polar surface area (TPSA) is 51.4 Å². The van der Waals surface area contributed by atoms with Crippen LogP contribution in [-0.2, 0) is 13.1 Å². The van der Waals surface area contributed by atoms with Crippen LogP contribution in [0, 0.1) is 0 Å². The van der Waals surface area contributed by atoms with Gasteiger partial charge in [-0.05, 0) is 30.2 Å². The average Bonchev–Trinajstić information content (AvgIpc) is 2.85. The maximum atomic E-state index is 5.85. The Kier molecular flexibility index (Phi) is 2.99. The molecule has 0 spiro atoms. The monoisotopic (exact) mass is 255 g/mol. The summed E-state index contributed by atoms with van der Waals surface area (Å²) in [4.78, 5) is 6.73. The number of pyridine rings is 1. The lowest BCUT2D eigenvalue weighted by atomic mass is 10.1. The van der Waals surface area contributed by atoms with Gasteiger partial charge in [-0.15, -0.1) is 0 Å². The summed E-state index contributed by atoms with van der Waals surface area (Å²) in [5, 5.41) is 0. The minimum Gasteiger partial charge on any atom is -0.476 e. The molecule has 2 heterocycles. The zero-order valence-corrected chi connectivity index (χ0v) is 11.0. The molecule has 0 atom stereocenters. The maximum Gasteiger partial charge on any atom is 0.239 e. The SMILES string of the molecule is CCOc1nc(N2Cc3ccccc3C2)ccc1N. The minimum atomic E-state index is 0.524. The summed E-state index contributed by atoms with van der Waals surface area (Å²) in [5.41, 5.74) is 9.16. The van der Waals surface area contributed by atoms with Crippen LogP contribution in [0.4, 0.5) is 11.5 Å². The number of benzene rings is 1. The molecule has 98 valence electrons. The fourth-order valence-electron chi connectivity index (χ4n) is 2.37. The summed E-state index contributed by atoms with van der Waals surface area (Å²) in [5.74, 6) is 1.44. The molecule has 1 aromatic heterocycles. The molecular weight excluding hydrogens is 238 g/mol. The molecule has 0 unspecified atom stereocenters. The van der Waals surface area contributed by atoms with Gasteiger partial charge in [0.2, 0.25) is 5.88 Å². The van der Waals surface area contributed by atoms with Crippen molar-refractivity contribution >= 4 is 11.5 Å². The van der Waals surface area contributed by atoms with E-state index in [-0.39, 0.29) is 0 Å². The molecule has 3 rings (SSSR count). The third-order valence-electron chi connectivity index (χ3n) is 3.32. The number of ether oxygens (including phenoxy) is 1. The lowest BCUT2D eigenvalue weighted by Crippen LogP contribution is -2.16. The number of nitrogens with two attached hydrogens (primary N) is 1. The van der Waals surface area contributed by atoms with Gasteiger partial charge in [0.15, 0.2) is 0 Å². The van der Waals surface area contributed by atoms with Crippen LogP contribution in [-0.4, -0.2) is 11.6 Å². The summed E-state index contributed by atoms with van der Waals surface area (Å²) in [6.45, 7) is 4.28. The van der Waals surface area contributed by atoms with E-state index in [9.17, 15) is 0 Å². The van der Waals surface area contributed by atoms with Crippen LogP contribution in [0.1, 0.15) is 18.1 Å². The average molecular weight is 255 g/mol. The Hall–Kier alpha value is -2.23. The highest BCUT2D eigenvalue weighted by Crippen LogP contribution is 2.29. The molecule has 4 heteroatoms. The number of aromatic nitrogens is 1. The van der Waals surface area contributed by atoms with E-state index in [0.29, 0.717) is 18.2 Å². The molecule has 4 nitrogen and oxygen atoms in total. The Balaban J connectivity index is 1.87. The van der Waals surface area contributed by atoms with E-state index < -0.39 is 0 Å².